The Morgan fingerprint density at radius 2 is 2.09 bits per heavy atom. The summed E-state index contributed by atoms with van der Waals surface area (Å²) >= 11 is 0. The third-order valence-corrected chi connectivity index (χ3v) is 3.43. The molecular weight excluding hydrogens is 278 g/mol. The molecule has 0 aliphatic carbocycles. The Kier molecular flexibility index (Phi) is 3.93. The number of hydrazine groups is 1. The Morgan fingerprint density at radius 1 is 1.23 bits per heavy atom. The molecule has 2 heterocycles. The first-order valence-corrected chi connectivity index (χ1v) is 7.34. The van der Waals surface area contributed by atoms with E-state index in [-0.39, 0.29) is 0 Å². The Morgan fingerprint density at radius 3 is 2.82 bits per heavy atom. The predicted octanol–water partition coefficient (Wildman–Crippen LogP) is 2.64. The molecule has 0 saturated heterocycles. The molecule has 0 radical (unpaired) electrons. The quantitative estimate of drug-likeness (QED) is 0.559. The average molecular weight is 297 g/mol. The van der Waals surface area contributed by atoms with Gasteiger partial charge in [0.2, 0.25) is 0 Å². The summed E-state index contributed by atoms with van der Waals surface area (Å²) in [5, 5.41) is 4.59. The van der Waals surface area contributed by atoms with Gasteiger partial charge in [-0.3, -0.25) is 0 Å². The normalized spacial score (nSPS) is 10.9. The summed E-state index contributed by atoms with van der Waals surface area (Å²) in [5.74, 6) is 7.14. The molecule has 2 aromatic heterocycles. The molecule has 0 saturated carbocycles. The van der Waals surface area contributed by atoms with Crippen molar-refractivity contribution < 1.29 is 4.74 Å². The minimum atomic E-state index is 0.636. The van der Waals surface area contributed by atoms with Crippen molar-refractivity contribution in [1.82, 2.24) is 14.6 Å². The monoisotopic (exact) mass is 297 g/mol. The van der Waals surface area contributed by atoms with Gasteiger partial charge in [-0.2, -0.15) is 9.61 Å². The number of hydrogen-bond donors (Lipinski definition) is 2. The minimum Gasteiger partial charge on any atom is -0.494 e. The number of nitrogens with two attached hydrogens (primary N) is 1. The van der Waals surface area contributed by atoms with Crippen molar-refractivity contribution in [3.63, 3.8) is 0 Å². The molecule has 1 aromatic carbocycles. The van der Waals surface area contributed by atoms with Crippen LogP contribution in [0.4, 0.5) is 5.82 Å². The zero-order valence-corrected chi connectivity index (χ0v) is 12.7. The number of anilines is 1. The van der Waals surface area contributed by atoms with Crippen LogP contribution >= 0.6 is 0 Å². The molecule has 0 fully saturated rings. The van der Waals surface area contributed by atoms with Gasteiger partial charge >= 0.3 is 0 Å². The molecule has 3 rings (SSSR count). The fourth-order valence-corrected chi connectivity index (χ4v) is 2.36. The number of nitrogens with zero attached hydrogens (tertiary/aromatic N) is 3. The molecule has 22 heavy (non-hydrogen) atoms. The lowest BCUT2D eigenvalue weighted by atomic mass is 10.1. The van der Waals surface area contributed by atoms with Gasteiger partial charge in [0.1, 0.15) is 11.6 Å². The maximum atomic E-state index is 5.59. The molecule has 0 atom stereocenters. The fourth-order valence-electron chi connectivity index (χ4n) is 2.36. The Hall–Kier alpha value is -2.60. The van der Waals surface area contributed by atoms with Crippen LogP contribution < -0.4 is 16.0 Å². The van der Waals surface area contributed by atoms with Gasteiger partial charge in [0.25, 0.3) is 0 Å². The number of fused-ring (bicyclic) bond motifs is 1. The van der Waals surface area contributed by atoms with Crippen LogP contribution in [0.5, 0.6) is 5.75 Å². The molecule has 0 bridgehead atoms. The molecular formula is C16H19N5O. The van der Waals surface area contributed by atoms with Crippen LogP contribution in [0.1, 0.15) is 19.5 Å². The lowest BCUT2D eigenvalue weighted by molar-refractivity contribution is 0.340. The van der Waals surface area contributed by atoms with Gasteiger partial charge < -0.3 is 10.2 Å². The molecule has 3 N–H and O–H groups in total. The van der Waals surface area contributed by atoms with Crippen LogP contribution in [0.15, 0.2) is 36.4 Å². The standard InChI is InChI=1S/C16H19N5O/c1-3-12-9-16(19-17)21-15(18-12)10-14(20-21)11-6-5-7-13(8-11)22-4-2/h5-10,19H,3-4,17H2,1-2H3. The summed E-state index contributed by atoms with van der Waals surface area (Å²) < 4.78 is 7.25. The molecule has 6 heteroatoms. The molecule has 0 amide bonds. The number of ether oxygens (including phenoxy) is 1. The number of nitrogens with one attached hydrogen (secondary N) is 1. The van der Waals surface area contributed by atoms with E-state index >= 15 is 0 Å². The van der Waals surface area contributed by atoms with Gasteiger partial charge in [-0.05, 0) is 25.5 Å². The van der Waals surface area contributed by atoms with E-state index in [2.05, 4.69) is 22.4 Å². The number of rotatable bonds is 5. The number of nitrogen functional groups attached to an aromatic ring is 1. The molecule has 0 spiro atoms. The second-order valence-corrected chi connectivity index (χ2v) is 4.89. The molecule has 6 nitrogen and oxygen atoms in total. The summed E-state index contributed by atoms with van der Waals surface area (Å²) in [4.78, 5) is 4.58. The lowest BCUT2D eigenvalue weighted by Crippen LogP contribution is -2.12. The summed E-state index contributed by atoms with van der Waals surface area (Å²) in [5.41, 5.74) is 6.23. The first kappa shape index (κ1) is 14.3. The Labute approximate surface area is 128 Å². The predicted molar refractivity (Wildman–Crippen MR) is 86.8 cm³/mol. The zero-order chi connectivity index (χ0) is 15.5. The maximum Gasteiger partial charge on any atom is 0.158 e. The summed E-state index contributed by atoms with van der Waals surface area (Å²) in [6, 6.07) is 11.7. The highest BCUT2D eigenvalue weighted by Crippen LogP contribution is 2.25. The summed E-state index contributed by atoms with van der Waals surface area (Å²) in [7, 11) is 0. The van der Waals surface area contributed by atoms with Gasteiger partial charge in [0, 0.05) is 23.4 Å². The molecule has 0 aliphatic rings. The van der Waals surface area contributed by atoms with Crippen molar-refractivity contribution in [3.8, 4) is 17.0 Å². The number of aromatic nitrogens is 3. The highest BCUT2D eigenvalue weighted by Gasteiger charge is 2.10. The van der Waals surface area contributed by atoms with Crippen LogP contribution in [0.25, 0.3) is 16.9 Å². The second-order valence-electron chi connectivity index (χ2n) is 4.89. The van der Waals surface area contributed by atoms with Crippen molar-refractivity contribution >= 4 is 11.5 Å². The van der Waals surface area contributed by atoms with E-state index in [9.17, 15) is 0 Å². The summed E-state index contributed by atoms with van der Waals surface area (Å²) in [6.07, 6.45) is 0.839. The van der Waals surface area contributed by atoms with E-state index < -0.39 is 0 Å². The van der Waals surface area contributed by atoms with Crippen LogP contribution in [0, 0.1) is 0 Å². The highest BCUT2D eigenvalue weighted by molar-refractivity contribution is 5.67. The van der Waals surface area contributed by atoms with Gasteiger partial charge in [0.15, 0.2) is 5.65 Å². The van der Waals surface area contributed by atoms with Gasteiger partial charge in [-0.25, -0.2) is 10.8 Å². The van der Waals surface area contributed by atoms with E-state index in [0.717, 1.165) is 34.8 Å². The van der Waals surface area contributed by atoms with Crippen LogP contribution in [-0.2, 0) is 6.42 Å². The Balaban J connectivity index is 2.10. The third-order valence-electron chi connectivity index (χ3n) is 3.43. The summed E-state index contributed by atoms with van der Waals surface area (Å²) in [6.45, 7) is 4.66. The SMILES string of the molecule is CCOc1cccc(-c2cc3nc(CC)cc(NN)n3n2)c1. The van der Waals surface area contributed by atoms with E-state index in [4.69, 9.17) is 10.6 Å². The number of benzene rings is 1. The lowest BCUT2D eigenvalue weighted by Gasteiger charge is -2.05. The van der Waals surface area contributed by atoms with E-state index in [0.29, 0.717) is 12.4 Å². The van der Waals surface area contributed by atoms with E-state index in [1.807, 2.05) is 43.3 Å². The fraction of sp³-hybridized carbons (Fsp3) is 0.250. The minimum absolute atomic E-state index is 0.636. The maximum absolute atomic E-state index is 5.59. The Bertz CT molecular complexity index is 796. The third kappa shape index (κ3) is 2.60. The smallest absolute Gasteiger partial charge is 0.158 e. The molecule has 114 valence electrons. The number of aryl methyl sites for hydroxylation is 1. The van der Waals surface area contributed by atoms with Crippen molar-refractivity contribution in [2.24, 2.45) is 5.84 Å². The van der Waals surface area contributed by atoms with Crippen molar-refractivity contribution in [1.29, 1.82) is 0 Å². The number of hydrogen-bond acceptors (Lipinski definition) is 5. The van der Waals surface area contributed by atoms with Crippen molar-refractivity contribution in [3.05, 3.63) is 42.1 Å². The van der Waals surface area contributed by atoms with Crippen molar-refractivity contribution in [2.45, 2.75) is 20.3 Å². The first-order valence-electron chi connectivity index (χ1n) is 7.34. The largest absolute Gasteiger partial charge is 0.494 e. The highest BCUT2D eigenvalue weighted by atomic mass is 16.5. The van der Waals surface area contributed by atoms with Crippen LogP contribution in [0.3, 0.4) is 0 Å². The van der Waals surface area contributed by atoms with Gasteiger partial charge in [0.05, 0.1) is 12.3 Å². The van der Waals surface area contributed by atoms with E-state index in [1.165, 1.54) is 0 Å². The van der Waals surface area contributed by atoms with Crippen LogP contribution in [-0.4, -0.2) is 21.2 Å². The van der Waals surface area contributed by atoms with E-state index in [1.54, 1.807) is 4.52 Å². The van der Waals surface area contributed by atoms with Crippen molar-refractivity contribution in [2.75, 3.05) is 12.0 Å². The van der Waals surface area contributed by atoms with Crippen LogP contribution in [0.2, 0.25) is 0 Å². The topological polar surface area (TPSA) is 77.5 Å². The molecule has 3 aromatic rings. The first-order chi connectivity index (χ1) is 10.7. The molecule has 0 unspecified atom stereocenters. The molecule has 0 aliphatic heterocycles. The second kappa shape index (κ2) is 6.03. The average Bonchev–Trinajstić information content (AvgIpc) is 2.98. The zero-order valence-electron chi connectivity index (χ0n) is 12.7. The van der Waals surface area contributed by atoms with Gasteiger partial charge in [-0.1, -0.05) is 19.1 Å². The van der Waals surface area contributed by atoms with Gasteiger partial charge in [-0.15, -0.1) is 0 Å².